The summed E-state index contributed by atoms with van der Waals surface area (Å²) in [7, 11) is 0. The number of phenols is 1. The number of nitrogens with zero attached hydrogens (tertiary/aromatic N) is 1. The smallest absolute Gasteiger partial charge is 0.223 e. The van der Waals surface area contributed by atoms with E-state index in [1.165, 1.54) is 11.1 Å². The van der Waals surface area contributed by atoms with E-state index in [9.17, 15) is 14.7 Å². The minimum atomic E-state index is -0.260. The minimum Gasteiger partial charge on any atom is -0.508 e. The van der Waals surface area contributed by atoms with Crippen LogP contribution in [0.4, 0.5) is 0 Å². The van der Waals surface area contributed by atoms with E-state index in [0.717, 1.165) is 32.1 Å². The Kier molecular flexibility index (Phi) is 5.01. The molecule has 3 aliphatic carbocycles. The van der Waals surface area contributed by atoms with Crippen LogP contribution in [0, 0.1) is 23.2 Å². The molecule has 3 aliphatic rings. The third-order valence-corrected chi connectivity index (χ3v) is 8.11. The molecule has 4 unspecified atom stereocenters. The predicted molar refractivity (Wildman–Crippen MR) is 109 cm³/mol. The molecule has 4 heteroatoms. The Labute approximate surface area is 168 Å². The number of hydrogen-bond acceptors (Lipinski definition) is 3. The molecule has 1 aromatic carbocycles. The second kappa shape index (κ2) is 7.20. The molecular formula is C24H33NO3. The van der Waals surface area contributed by atoms with E-state index in [2.05, 4.69) is 13.0 Å². The molecule has 0 radical (unpaired) electrons. The van der Waals surface area contributed by atoms with Gasteiger partial charge in [0, 0.05) is 30.8 Å². The average Bonchev–Trinajstić information content (AvgIpc) is 2.93. The van der Waals surface area contributed by atoms with Crippen molar-refractivity contribution >= 4 is 11.7 Å². The molecule has 1 amide bonds. The summed E-state index contributed by atoms with van der Waals surface area (Å²) in [5, 5.41) is 9.83. The molecule has 0 bridgehead atoms. The van der Waals surface area contributed by atoms with Gasteiger partial charge in [-0.25, -0.2) is 0 Å². The number of Topliss-reactive ketones (excluding diaryl/α,β-unsaturated/α-hetero) is 1. The Morgan fingerprint density at radius 1 is 1.25 bits per heavy atom. The number of carbonyl (C=O) groups is 2. The molecule has 2 saturated carbocycles. The highest BCUT2D eigenvalue weighted by Crippen LogP contribution is 2.61. The lowest BCUT2D eigenvalue weighted by Gasteiger charge is -2.48. The summed E-state index contributed by atoms with van der Waals surface area (Å²) >= 11 is 0. The van der Waals surface area contributed by atoms with E-state index >= 15 is 0 Å². The van der Waals surface area contributed by atoms with Gasteiger partial charge in [-0.05, 0) is 87.0 Å². The zero-order valence-electron chi connectivity index (χ0n) is 17.4. The summed E-state index contributed by atoms with van der Waals surface area (Å²) in [6.07, 6.45) is 5.29. The second-order valence-electron chi connectivity index (χ2n) is 9.32. The monoisotopic (exact) mass is 383 g/mol. The highest BCUT2D eigenvalue weighted by molar-refractivity contribution is 5.93. The molecule has 152 valence electrons. The first-order chi connectivity index (χ1) is 13.4. The maximum atomic E-state index is 13.4. The number of ketones is 1. The molecule has 0 saturated heterocycles. The Bertz CT molecular complexity index is 784. The number of hydrogen-bond donors (Lipinski definition) is 1. The van der Waals surface area contributed by atoms with Crippen LogP contribution in [0.2, 0.25) is 0 Å². The van der Waals surface area contributed by atoms with Crippen LogP contribution >= 0.6 is 0 Å². The fourth-order valence-corrected chi connectivity index (χ4v) is 6.60. The van der Waals surface area contributed by atoms with Gasteiger partial charge in [0.2, 0.25) is 5.91 Å². The lowest BCUT2D eigenvalue weighted by molar-refractivity contribution is -0.137. The van der Waals surface area contributed by atoms with Crippen molar-refractivity contribution in [1.29, 1.82) is 0 Å². The van der Waals surface area contributed by atoms with Gasteiger partial charge in [0.1, 0.15) is 11.5 Å². The number of benzene rings is 1. The molecule has 2 fully saturated rings. The fraction of sp³-hybridized carbons (Fsp3) is 0.667. The molecule has 4 nitrogen and oxygen atoms in total. The van der Waals surface area contributed by atoms with Gasteiger partial charge in [-0.15, -0.1) is 0 Å². The van der Waals surface area contributed by atoms with Gasteiger partial charge < -0.3 is 10.0 Å². The Hall–Kier alpha value is -1.84. The lowest BCUT2D eigenvalue weighted by Crippen LogP contribution is -2.42. The molecule has 5 atom stereocenters. The summed E-state index contributed by atoms with van der Waals surface area (Å²) in [5.74, 6) is 2.11. The molecule has 1 N–H and O–H groups in total. The maximum absolute atomic E-state index is 13.4. The van der Waals surface area contributed by atoms with Gasteiger partial charge in [0.05, 0.1) is 0 Å². The van der Waals surface area contributed by atoms with Crippen molar-refractivity contribution in [3.63, 3.8) is 0 Å². The lowest BCUT2D eigenvalue weighted by atomic mass is 9.55. The standard InChI is InChI=1S/C24H33NO3/c1-4-25(5-2)22(27)14-16-13-21-20-8-6-15-12-17(26)7-9-18(15)19(20)10-11-24(21,3)23(16)28/h7,9,12,16,19-21,26H,4-6,8,10-11,13-14H2,1-3H3/t16?,19?,20?,21?,24-/m0/s1. The zero-order valence-corrected chi connectivity index (χ0v) is 17.4. The first kappa shape index (κ1) is 19.5. The summed E-state index contributed by atoms with van der Waals surface area (Å²) < 4.78 is 0. The molecule has 4 rings (SSSR count). The van der Waals surface area contributed by atoms with Crippen LogP contribution in [0.1, 0.15) is 69.9 Å². The first-order valence-electron chi connectivity index (χ1n) is 11.0. The number of aryl methyl sites for hydroxylation is 1. The van der Waals surface area contributed by atoms with Crippen LogP contribution in [0.15, 0.2) is 18.2 Å². The number of carbonyl (C=O) groups excluding carboxylic acids is 2. The Balaban J connectivity index is 1.56. The van der Waals surface area contributed by atoms with Crippen molar-refractivity contribution in [3.05, 3.63) is 29.3 Å². The SMILES string of the molecule is CCN(CC)C(=O)CC1CC2C3CCc4cc(O)ccc4C3CC[C@]2(C)C1=O. The summed E-state index contributed by atoms with van der Waals surface area (Å²) in [6.45, 7) is 7.60. The summed E-state index contributed by atoms with van der Waals surface area (Å²) in [5.41, 5.74) is 2.40. The summed E-state index contributed by atoms with van der Waals surface area (Å²) in [6, 6.07) is 5.83. The van der Waals surface area contributed by atoms with Gasteiger partial charge in [-0.3, -0.25) is 9.59 Å². The number of rotatable bonds is 4. The normalized spacial score (nSPS) is 33.8. The molecular weight excluding hydrogens is 350 g/mol. The van der Waals surface area contributed by atoms with E-state index in [0.29, 0.717) is 48.8 Å². The highest BCUT2D eigenvalue weighted by Gasteiger charge is 2.58. The third kappa shape index (κ3) is 2.96. The molecule has 28 heavy (non-hydrogen) atoms. The van der Waals surface area contributed by atoms with E-state index in [-0.39, 0.29) is 17.2 Å². The van der Waals surface area contributed by atoms with E-state index in [1.54, 1.807) is 6.07 Å². The van der Waals surface area contributed by atoms with Crippen molar-refractivity contribution in [2.75, 3.05) is 13.1 Å². The average molecular weight is 384 g/mol. The molecule has 0 spiro atoms. The minimum absolute atomic E-state index is 0.108. The van der Waals surface area contributed by atoms with Crippen LogP contribution in [-0.4, -0.2) is 34.8 Å². The third-order valence-electron chi connectivity index (χ3n) is 8.11. The van der Waals surface area contributed by atoms with Gasteiger partial charge in [0.25, 0.3) is 0 Å². The first-order valence-corrected chi connectivity index (χ1v) is 11.0. The van der Waals surface area contributed by atoms with E-state index < -0.39 is 0 Å². The molecule has 0 heterocycles. The summed E-state index contributed by atoms with van der Waals surface area (Å²) in [4.78, 5) is 27.9. The van der Waals surface area contributed by atoms with E-state index in [1.807, 2.05) is 24.8 Å². The largest absolute Gasteiger partial charge is 0.508 e. The van der Waals surface area contributed by atoms with Gasteiger partial charge >= 0.3 is 0 Å². The van der Waals surface area contributed by atoms with Gasteiger partial charge in [-0.1, -0.05) is 13.0 Å². The van der Waals surface area contributed by atoms with Crippen molar-refractivity contribution < 1.29 is 14.7 Å². The topological polar surface area (TPSA) is 57.6 Å². The Morgan fingerprint density at radius 2 is 2.00 bits per heavy atom. The second-order valence-corrected chi connectivity index (χ2v) is 9.32. The number of phenolic OH excluding ortho intramolecular Hbond substituents is 1. The number of amides is 1. The predicted octanol–water partition coefficient (Wildman–Crippen LogP) is 4.30. The molecule has 1 aromatic rings. The quantitative estimate of drug-likeness (QED) is 0.843. The van der Waals surface area contributed by atoms with Crippen LogP contribution < -0.4 is 0 Å². The fourth-order valence-electron chi connectivity index (χ4n) is 6.60. The number of fused-ring (bicyclic) bond motifs is 5. The van der Waals surface area contributed by atoms with Crippen molar-refractivity contribution in [1.82, 2.24) is 4.90 Å². The molecule has 0 aromatic heterocycles. The van der Waals surface area contributed by atoms with Gasteiger partial charge in [0.15, 0.2) is 0 Å². The van der Waals surface area contributed by atoms with Crippen molar-refractivity contribution in [2.24, 2.45) is 23.2 Å². The van der Waals surface area contributed by atoms with E-state index in [4.69, 9.17) is 0 Å². The van der Waals surface area contributed by atoms with Crippen LogP contribution in [0.25, 0.3) is 0 Å². The van der Waals surface area contributed by atoms with Crippen LogP contribution in [0.3, 0.4) is 0 Å². The van der Waals surface area contributed by atoms with Crippen molar-refractivity contribution in [3.8, 4) is 5.75 Å². The zero-order chi connectivity index (χ0) is 20.1. The Morgan fingerprint density at radius 3 is 2.71 bits per heavy atom. The van der Waals surface area contributed by atoms with Gasteiger partial charge in [-0.2, -0.15) is 0 Å². The molecule has 0 aliphatic heterocycles. The van der Waals surface area contributed by atoms with Crippen LogP contribution in [0.5, 0.6) is 5.75 Å². The maximum Gasteiger partial charge on any atom is 0.223 e. The number of aromatic hydroxyl groups is 1. The highest BCUT2D eigenvalue weighted by atomic mass is 16.3. The van der Waals surface area contributed by atoms with Crippen LogP contribution in [-0.2, 0) is 16.0 Å². The van der Waals surface area contributed by atoms with Crippen molar-refractivity contribution in [2.45, 2.75) is 65.2 Å².